The minimum absolute atomic E-state index is 0.895. The van der Waals surface area contributed by atoms with Crippen molar-refractivity contribution in [3.8, 4) is 0 Å². The van der Waals surface area contributed by atoms with Gasteiger partial charge in [0.2, 0.25) is 0 Å². The lowest BCUT2D eigenvalue weighted by Crippen LogP contribution is -2.35. The summed E-state index contributed by atoms with van der Waals surface area (Å²) in [4.78, 5) is 3.96. The van der Waals surface area contributed by atoms with E-state index in [0.717, 1.165) is 39.3 Å². The largest absolute Gasteiger partial charge is 0.379 e. The number of rotatable bonds is 3. The van der Waals surface area contributed by atoms with Crippen LogP contribution in [0.2, 0.25) is 0 Å². The van der Waals surface area contributed by atoms with E-state index in [4.69, 9.17) is 4.74 Å². The summed E-state index contributed by atoms with van der Waals surface area (Å²) in [6.07, 6.45) is 1.15. The molecule has 1 saturated heterocycles. The Balaban J connectivity index is 1.89. The summed E-state index contributed by atoms with van der Waals surface area (Å²) < 4.78 is 5.33. The van der Waals surface area contributed by atoms with Crippen LogP contribution in [0.15, 0.2) is 11.4 Å². The van der Waals surface area contributed by atoms with Crippen molar-refractivity contribution in [3.05, 3.63) is 21.9 Å². The second-order valence-electron chi connectivity index (χ2n) is 3.66. The molecule has 0 aromatic carbocycles. The topological polar surface area (TPSA) is 12.5 Å². The zero-order chi connectivity index (χ0) is 9.80. The molecule has 0 saturated carbocycles. The molecule has 3 heteroatoms. The maximum Gasteiger partial charge on any atom is 0.0594 e. The molecule has 2 rings (SSSR count). The lowest BCUT2D eigenvalue weighted by molar-refractivity contribution is 0.0346. The van der Waals surface area contributed by atoms with Gasteiger partial charge in [-0.2, -0.15) is 0 Å². The maximum atomic E-state index is 5.33. The SMILES string of the molecule is CCc1csc(CN2CCOCC2)c1. The molecule has 0 atom stereocenters. The third-order valence-corrected chi connectivity index (χ3v) is 3.57. The zero-order valence-corrected chi connectivity index (χ0v) is 9.48. The van der Waals surface area contributed by atoms with Crippen LogP contribution in [0.1, 0.15) is 17.4 Å². The van der Waals surface area contributed by atoms with Crippen LogP contribution in [0.5, 0.6) is 0 Å². The Morgan fingerprint density at radius 1 is 1.43 bits per heavy atom. The normalized spacial score (nSPS) is 18.6. The monoisotopic (exact) mass is 211 g/mol. The molecule has 1 aromatic rings. The lowest BCUT2D eigenvalue weighted by Gasteiger charge is -2.25. The van der Waals surface area contributed by atoms with E-state index >= 15 is 0 Å². The van der Waals surface area contributed by atoms with Gasteiger partial charge in [0.1, 0.15) is 0 Å². The Labute approximate surface area is 89.5 Å². The van der Waals surface area contributed by atoms with Gasteiger partial charge in [-0.25, -0.2) is 0 Å². The van der Waals surface area contributed by atoms with Gasteiger partial charge in [0.15, 0.2) is 0 Å². The zero-order valence-electron chi connectivity index (χ0n) is 8.66. The molecule has 1 aromatic heterocycles. The van der Waals surface area contributed by atoms with E-state index in [-0.39, 0.29) is 0 Å². The Kier molecular flexibility index (Phi) is 3.56. The quantitative estimate of drug-likeness (QED) is 0.759. The van der Waals surface area contributed by atoms with Crippen LogP contribution >= 0.6 is 11.3 Å². The third kappa shape index (κ3) is 2.56. The van der Waals surface area contributed by atoms with Gasteiger partial charge < -0.3 is 4.74 Å². The number of ether oxygens (including phenoxy) is 1. The van der Waals surface area contributed by atoms with Gasteiger partial charge in [-0.15, -0.1) is 11.3 Å². The van der Waals surface area contributed by atoms with Crippen molar-refractivity contribution >= 4 is 11.3 Å². The first-order valence-electron chi connectivity index (χ1n) is 5.25. The highest BCUT2D eigenvalue weighted by Crippen LogP contribution is 2.17. The van der Waals surface area contributed by atoms with Crippen molar-refractivity contribution in [2.75, 3.05) is 26.3 Å². The van der Waals surface area contributed by atoms with Crippen LogP contribution < -0.4 is 0 Å². The molecular weight excluding hydrogens is 194 g/mol. The fraction of sp³-hybridized carbons (Fsp3) is 0.636. The van der Waals surface area contributed by atoms with Crippen LogP contribution in [-0.4, -0.2) is 31.2 Å². The van der Waals surface area contributed by atoms with Gasteiger partial charge in [0.05, 0.1) is 13.2 Å². The van der Waals surface area contributed by atoms with E-state index in [1.807, 2.05) is 11.3 Å². The van der Waals surface area contributed by atoms with Crippen molar-refractivity contribution in [3.63, 3.8) is 0 Å². The molecule has 0 unspecified atom stereocenters. The number of hydrogen-bond donors (Lipinski definition) is 0. The highest BCUT2D eigenvalue weighted by molar-refractivity contribution is 7.10. The predicted molar refractivity (Wildman–Crippen MR) is 59.8 cm³/mol. The summed E-state index contributed by atoms with van der Waals surface area (Å²) in [5, 5.41) is 2.27. The average Bonchev–Trinajstić information content (AvgIpc) is 2.67. The number of nitrogens with zero attached hydrogens (tertiary/aromatic N) is 1. The van der Waals surface area contributed by atoms with Crippen LogP contribution in [0.4, 0.5) is 0 Å². The highest BCUT2D eigenvalue weighted by atomic mass is 32.1. The molecule has 0 radical (unpaired) electrons. The Hall–Kier alpha value is -0.380. The van der Waals surface area contributed by atoms with E-state index < -0.39 is 0 Å². The molecular formula is C11H17NOS. The van der Waals surface area contributed by atoms with Crippen LogP contribution in [0.25, 0.3) is 0 Å². The molecule has 1 aliphatic heterocycles. The van der Waals surface area contributed by atoms with Crippen LogP contribution in [-0.2, 0) is 17.7 Å². The van der Waals surface area contributed by atoms with E-state index in [0.29, 0.717) is 0 Å². The fourth-order valence-corrected chi connectivity index (χ4v) is 2.69. The Morgan fingerprint density at radius 3 is 2.86 bits per heavy atom. The van der Waals surface area contributed by atoms with Crippen molar-refractivity contribution in [2.45, 2.75) is 19.9 Å². The molecule has 1 aliphatic rings. The van der Waals surface area contributed by atoms with Crippen LogP contribution in [0, 0.1) is 0 Å². The fourth-order valence-electron chi connectivity index (χ4n) is 1.67. The van der Waals surface area contributed by atoms with Gasteiger partial charge in [-0.05, 0) is 23.4 Å². The molecule has 0 N–H and O–H groups in total. The molecule has 1 fully saturated rings. The van der Waals surface area contributed by atoms with Crippen LogP contribution in [0.3, 0.4) is 0 Å². The molecule has 0 spiro atoms. The molecule has 14 heavy (non-hydrogen) atoms. The summed E-state index contributed by atoms with van der Waals surface area (Å²) in [5.41, 5.74) is 1.47. The minimum atomic E-state index is 0.895. The van der Waals surface area contributed by atoms with Crippen molar-refractivity contribution in [1.82, 2.24) is 4.90 Å². The predicted octanol–water partition coefficient (Wildman–Crippen LogP) is 2.14. The Morgan fingerprint density at radius 2 is 2.21 bits per heavy atom. The van der Waals surface area contributed by atoms with Gasteiger partial charge in [0, 0.05) is 24.5 Å². The van der Waals surface area contributed by atoms with E-state index in [1.54, 1.807) is 0 Å². The summed E-state index contributed by atoms with van der Waals surface area (Å²) in [7, 11) is 0. The first kappa shape index (κ1) is 10.1. The minimum Gasteiger partial charge on any atom is -0.379 e. The number of morpholine rings is 1. The number of aryl methyl sites for hydroxylation is 1. The molecule has 0 bridgehead atoms. The second kappa shape index (κ2) is 4.91. The molecule has 2 heterocycles. The summed E-state index contributed by atoms with van der Waals surface area (Å²) in [5.74, 6) is 0. The van der Waals surface area contributed by atoms with Crippen molar-refractivity contribution in [2.24, 2.45) is 0 Å². The lowest BCUT2D eigenvalue weighted by atomic mass is 10.2. The first-order chi connectivity index (χ1) is 6.88. The molecule has 0 amide bonds. The van der Waals surface area contributed by atoms with E-state index in [2.05, 4.69) is 23.3 Å². The third-order valence-electron chi connectivity index (χ3n) is 2.60. The van der Waals surface area contributed by atoms with Gasteiger partial charge in [-0.1, -0.05) is 6.92 Å². The Bertz CT molecular complexity index is 279. The molecule has 2 nitrogen and oxygen atoms in total. The summed E-state index contributed by atoms with van der Waals surface area (Å²) in [6.45, 7) is 7.27. The standard InChI is InChI=1S/C11H17NOS/c1-2-10-7-11(14-9-10)8-12-3-5-13-6-4-12/h7,9H,2-6,8H2,1H3. The smallest absolute Gasteiger partial charge is 0.0594 e. The molecule has 0 aliphatic carbocycles. The number of thiophene rings is 1. The second-order valence-corrected chi connectivity index (χ2v) is 4.66. The van der Waals surface area contributed by atoms with Crippen molar-refractivity contribution in [1.29, 1.82) is 0 Å². The maximum absolute atomic E-state index is 5.33. The van der Waals surface area contributed by atoms with Gasteiger partial charge in [0.25, 0.3) is 0 Å². The average molecular weight is 211 g/mol. The number of hydrogen-bond acceptors (Lipinski definition) is 3. The van der Waals surface area contributed by atoms with Gasteiger partial charge in [-0.3, -0.25) is 4.90 Å². The summed E-state index contributed by atoms with van der Waals surface area (Å²) >= 11 is 1.89. The van der Waals surface area contributed by atoms with E-state index in [9.17, 15) is 0 Å². The van der Waals surface area contributed by atoms with Gasteiger partial charge >= 0.3 is 0 Å². The van der Waals surface area contributed by atoms with E-state index in [1.165, 1.54) is 10.4 Å². The highest BCUT2D eigenvalue weighted by Gasteiger charge is 2.11. The summed E-state index contributed by atoms with van der Waals surface area (Å²) in [6, 6.07) is 2.33. The molecule has 78 valence electrons. The van der Waals surface area contributed by atoms with Crippen molar-refractivity contribution < 1.29 is 4.74 Å². The first-order valence-corrected chi connectivity index (χ1v) is 6.13.